The molecule has 1 aromatic rings. The number of benzene rings is 1. The number of carbonyl (C=O) groups is 1. The third-order valence-electron chi connectivity index (χ3n) is 8.57. The van der Waals surface area contributed by atoms with Gasteiger partial charge in [-0.25, -0.2) is 0 Å². The van der Waals surface area contributed by atoms with Crippen LogP contribution in [0.15, 0.2) is 48.6 Å². The van der Waals surface area contributed by atoms with Gasteiger partial charge in [0.05, 0.1) is 30.8 Å². The Morgan fingerprint density at radius 1 is 1.09 bits per heavy atom. The zero-order chi connectivity index (χ0) is 32.4. The van der Waals surface area contributed by atoms with Gasteiger partial charge in [-0.1, -0.05) is 42.0 Å². The van der Waals surface area contributed by atoms with E-state index in [2.05, 4.69) is 9.74 Å². The van der Waals surface area contributed by atoms with E-state index in [1.54, 1.807) is 36.4 Å². The van der Waals surface area contributed by atoms with Crippen molar-refractivity contribution < 1.29 is 44.8 Å². The lowest BCUT2D eigenvalue weighted by atomic mass is 9.89. The predicted octanol–water partition coefficient (Wildman–Crippen LogP) is 4.55. The first-order chi connectivity index (χ1) is 21.7. The van der Waals surface area contributed by atoms with Gasteiger partial charge in [0.1, 0.15) is 18.5 Å². The SMILES string of the molecule is O=C(CCC/C=C\C[C@@H]1[C@@H](/C=C/[C@@H](O)COc2cccc(Cl)c2)[C@H](O)C[C@@H]1O)OCCCN1CCC(CCCON(O)O)CC1. The van der Waals surface area contributed by atoms with Crippen LogP contribution >= 0.6 is 11.6 Å². The summed E-state index contributed by atoms with van der Waals surface area (Å²) in [6, 6.07) is 6.94. The molecule has 2 fully saturated rings. The average molecular weight is 655 g/mol. The maximum absolute atomic E-state index is 12.1. The molecule has 11 nitrogen and oxygen atoms in total. The van der Waals surface area contributed by atoms with Crippen LogP contribution in [-0.4, -0.2) is 99.8 Å². The number of hydrogen-bond donors (Lipinski definition) is 5. The quantitative estimate of drug-likeness (QED) is 0.0583. The third kappa shape index (κ3) is 14.9. The van der Waals surface area contributed by atoms with Gasteiger partial charge in [-0.3, -0.25) is 20.0 Å². The summed E-state index contributed by atoms with van der Waals surface area (Å²) in [6.45, 7) is 3.71. The first-order valence-corrected chi connectivity index (χ1v) is 16.5. The molecule has 254 valence electrons. The van der Waals surface area contributed by atoms with Crippen LogP contribution in [0.1, 0.15) is 64.2 Å². The van der Waals surface area contributed by atoms with Gasteiger partial charge in [0, 0.05) is 30.3 Å². The number of unbranched alkanes of at least 4 members (excludes halogenated alkanes) is 1. The number of hydrogen-bond acceptors (Lipinski definition) is 11. The molecule has 1 aromatic carbocycles. The van der Waals surface area contributed by atoms with E-state index in [1.807, 2.05) is 12.2 Å². The van der Waals surface area contributed by atoms with Crippen LogP contribution in [0.25, 0.3) is 0 Å². The summed E-state index contributed by atoms with van der Waals surface area (Å²) in [5, 5.41) is 48.7. The second-order valence-corrected chi connectivity index (χ2v) is 12.5. The van der Waals surface area contributed by atoms with Gasteiger partial charge >= 0.3 is 5.97 Å². The summed E-state index contributed by atoms with van der Waals surface area (Å²) in [5.74, 6) is 0.558. The van der Waals surface area contributed by atoms with Crippen molar-refractivity contribution in [2.45, 2.75) is 82.5 Å². The molecule has 0 amide bonds. The van der Waals surface area contributed by atoms with Crippen LogP contribution in [0.2, 0.25) is 5.02 Å². The van der Waals surface area contributed by atoms with Gasteiger partial charge in [-0.05, 0) is 94.5 Å². The smallest absolute Gasteiger partial charge is 0.305 e. The van der Waals surface area contributed by atoms with E-state index in [-0.39, 0.29) is 29.8 Å². The van der Waals surface area contributed by atoms with E-state index in [0.717, 1.165) is 58.2 Å². The Morgan fingerprint density at radius 3 is 2.64 bits per heavy atom. The highest BCUT2D eigenvalue weighted by Gasteiger charge is 2.39. The number of allylic oxidation sites excluding steroid dienone is 2. The lowest BCUT2D eigenvalue weighted by Crippen LogP contribution is -2.35. The Bertz CT molecular complexity index is 1040. The molecule has 2 aliphatic rings. The summed E-state index contributed by atoms with van der Waals surface area (Å²) in [5.41, 5.74) is 0. The second kappa shape index (κ2) is 20.9. The van der Waals surface area contributed by atoms with Crippen LogP contribution in [0.5, 0.6) is 5.75 Å². The van der Waals surface area contributed by atoms with Crippen molar-refractivity contribution in [2.75, 3.05) is 39.5 Å². The van der Waals surface area contributed by atoms with Crippen molar-refractivity contribution in [2.24, 2.45) is 17.8 Å². The molecule has 1 saturated carbocycles. The molecule has 12 heteroatoms. The zero-order valence-corrected chi connectivity index (χ0v) is 26.8. The fraction of sp³-hybridized carbons (Fsp3) is 0.667. The molecule has 5 N–H and O–H groups in total. The van der Waals surface area contributed by atoms with Crippen molar-refractivity contribution in [3.05, 3.63) is 53.6 Å². The maximum atomic E-state index is 12.1. The highest BCUT2D eigenvalue weighted by molar-refractivity contribution is 6.30. The third-order valence-corrected chi connectivity index (χ3v) is 8.80. The van der Waals surface area contributed by atoms with Crippen molar-refractivity contribution >= 4 is 17.6 Å². The molecule has 0 radical (unpaired) electrons. The largest absolute Gasteiger partial charge is 0.491 e. The molecule has 1 saturated heterocycles. The van der Waals surface area contributed by atoms with Crippen LogP contribution in [0.3, 0.4) is 0 Å². The summed E-state index contributed by atoms with van der Waals surface area (Å²) in [6.07, 6.45) is 12.6. The summed E-state index contributed by atoms with van der Waals surface area (Å²) < 4.78 is 11.0. The minimum atomic E-state index is -0.867. The number of carbonyl (C=O) groups excluding carboxylic acids is 1. The molecule has 1 aliphatic heterocycles. The number of halogens is 1. The van der Waals surface area contributed by atoms with Gasteiger partial charge < -0.3 is 29.7 Å². The minimum absolute atomic E-state index is 0.0472. The highest BCUT2D eigenvalue weighted by Crippen LogP contribution is 2.36. The van der Waals surface area contributed by atoms with E-state index in [4.69, 9.17) is 31.5 Å². The maximum Gasteiger partial charge on any atom is 0.305 e. The Hall–Kier alpha value is -2.06. The number of likely N-dealkylation sites (tertiary alicyclic amines) is 1. The summed E-state index contributed by atoms with van der Waals surface area (Å²) in [4.78, 5) is 19.1. The molecular weight excluding hydrogens is 604 g/mol. The van der Waals surface area contributed by atoms with E-state index < -0.39 is 18.3 Å². The number of ether oxygens (including phenoxy) is 2. The van der Waals surface area contributed by atoms with Gasteiger partial charge in [0.15, 0.2) is 0 Å². The van der Waals surface area contributed by atoms with E-state index in [9.17, 15) is 20.1 Å². The number of nitrogens with zero attached hydrogens (tertiary/aromatic N) is 2. The molecule has 0 bridgehead atoms. The highest BCUT2D eigenvalue weighted by atomic mass is 35.5. The molecule has 0 aromatic heterocycles. The van der Waals surface area contributed by atoms with Gasteiger partial charge in [0.2, 0.25) is 0 Å². The fourth-order valence-electron chi connectivity index (χ4n) is 6.06. The number of piperidine rings is 1. The predicted molar refractivity (Wildman–Crippen MR) is 169 cm³/mol. The van der Waals surface area contributed by atoms with E-state index in [1.165, 1.54) is 0 Å². The van der Waals surface area contributed by atoms with Gasteiger partial charge in [-0.15, -0.1) is 0 Å². The van der Waals surface area contributed by atoms with Gasteiger partial charge in [-0.2, -0.15) is 0 Å². The van der Waals surface area contributed by atoms with Gasteiger partial charge in [0.25, 0.3) is 0 Å². The van der Waals surface area contributed by atoms with Crippen LogP contribution < -0.4 is 4.74 Å². The average Bonchev–Trinajstić information content (AvgIpc) is 3.28. The van der Waals surface area contributed by atoms with E-state index >= 15 is 0 Å². The fourth-order valence-corrected chi connectivity index (χ4v) is 6.24. The molecule has 45 heavy (non-hydrogen) atoms. The topological polar surface area (TPSA) is 152 Å². The minimum Gasteiger partial charge on any atom is -0.491 e. The lowest BCUT2D eigenvalue weighted by Gasteiger charge is -2.31. The number of aliphatic hydroxyl groups is 3. The lowest BCUT2D eigenvalue weighted by molar-refractivity contribution is -0.492. The molecular formula is C33H51ClN2O9. The Kier molecular flexibility index (Phi) is 17.4. The van der Waals surface area contributed by atoms with Crippen molar-refractivity contribution in [3.63, 3.8) is 0 Å². The molecule has 1 heterocycles. The van der Waals surface area contributed by atoms with Crippen molar-refractivity contribution in [3.8, 4) is 5.75 Å². The standard InChI is InChI=1S/C33H51ClN2O9/c34-26-9-5-10-28(22-26)44-24-27(37)13-14-30-29(31(38)23-32(30)39)11-3-1-2-4-12-33(40)43-20-7-17-35-18-15-25(16-19-35)8-6-21-45-36(41)42/h1,3,5,9-10,13-14,22,25,27,29-32,37-39,41-42H,2,4,6-8,11-12,15-21,23-24H2/b3-1-,14-13+/t27-,29-,30-,31+,32-/m1/s1. The molecule has 0 spiro atoms. The van der Waals surface area contributed by atoms with Crippen LogP contribution in [0, 0.1) is 17.8 Å². The zero-order valence-electron chi connectivity index (χ0n) is 26.0. The van der Waals surface area contributed by atoms with E-state index in [0.29, 0.717) is 55.6 Å². The first kappa shape index (κ1) is 37.4. The number of rotatable bonds is 20. The monoisotopic (exact) mass is 654 g/mol. The Morgan fingerprint density at radius 2 is 1.89 bits per heavy atom. The van der Waals surface area contributed by atoms with Crippen molar-refractivity contribution in [1.29, 1.82) is 0 Å². The molecule has 5 atom stereocenters. The molecule has 3 rings (SSSR count). The normalized spacial score (nSPS) is 23.8. The second-order valence-electron chi connectivity index (χ2n) is 12.0. The summed E-state index contributed by atoms with van der Waals surface area (Å²) >= 11 is 5.96. The number of esters is 1. The molecule has 0 unspecified atom stereocenters. The Balaban J connectivity index is 1.23. The van der Waals surface area contributed by atoms with Crippen LogP contribution in [0.4, 0.5) is 0 Å². The Labute approximate surface area is 271 Å². The van der Waals surface area contributed by atoms with Crippen molar-refractivity contribution in [1.82, 2.24) is 10.3 Å². The molecule has 1 aliphatic carbocycles. The summed E-state index contributed by atoms with van der Waals surface area (Å²) in [7, 11) is 0. The van der Waals surface area contributed by atoms with Crippen LogP contribution in [-0.2, 0) is 14.4 Å². The first-order valence-electron chi connectivity index (χ1n) is 16.2. The number of aliphatic hydroxyl groups excluding tert-OH is 3.